The van der Waals surface area contributed by atoms with Crippen molar-refractivity contribution in [2.45, 2.75) is 31.8 Å². The van der Waals surface area contributed by atoms with Crippen molar-refractivity contribution < 1.29 is 13.6 Å². The summed E-state index contributed by atoms with van der Waals surface area (Å²) in [7, 11) is 0. The summed E-state index contributed by atoms with van der Waals surface area (Å²) in [4.78, 5) is 13.0. The van der Waals surface area contributed by atoms with Crippen molar-refractivity contribution in [3.8, 4) is 5.69 Å². The number of nitrogens with one attached hydrogen (secondary N) is 1. The summed E-state index contributed by atoms with van der Waals surface area (Å²) in [5, 5.41) is 11.6. The third kappa shape index (κ3) is 3.91. The average molecular weight is 433 g/mol. The number of halogens is 2. The first-order valence-corrected chi connectivity index (χ1v) is 10.5. The van der Waals surface area contributed by atoms with E-state index in [-0.39, 0.29) is 17.6 Å². The van der Waals surface area contributed by atoms with Crippen molar-refractivity contribution in [3.05, 3.63) is 101 Å². The van der Waals surface area contributed by atoms with Crippen LogP contribution in [0.2, 0.25) is 0 Å². The highest BCUT2D eigenvalue weighted by atomic mass is 19.1. The molecule has 1 amide bonds. The number of carbonyl (C=O) groups is 1. The van der Waals surface area contributed by atoms with Crippen LogP contribution in [-0.2, 0) is 13.0 Å². The summed E-state index contributed by atoms with van der Waals surface area (Å²) < 4.78 is 30.9. The van der Waals surface area contributed by atoms with Gasteiger partial charge in [0.1, 0.15) is 11.5 Å². The second-order valence-corrected chi connectivity index (χ2v) is 7.88. The Morgan fingerprint density at radius 3 is 2.84 bits per heavy atom. The zero-order chi connectivity index (χ0) is 22.1. The highest BCUT2D eigenvalue weighted by molar-refractivity contribution is 5.94. The fraction of sp³-hybridized carbons (Fsp3) is 0.208. The Balaban J connectivity index is 1.36. The Morgan fingerprint density at radius 2 is 2.03 bits per heavy atom. The number of hydrogen-bond donors (Lipinski definition) is 1. The first-order chi connectivity index (χ1) is 15.6. The van der Waals surface area contributed by atoms with Gasteiger partial charge in [0.2, 0.25) is 0 Å². The Morgan fingerprint density at radius 1 is 1.12 bits per heavy atom. The molecule has 162 valence electrons. The molecule has 0 unspecified atom stereocenters. The van der Waals surface area contributed by atoms with Gasteiger partial charge in [0.05, 0.1) is 18.8 Å². The van der Waals surface area contributed by atoms with E-state index < -0.39 is 11.6 Å². The number of nitrogens with zero attached hydrogens (tertiary/aromatic N) is 4. The maximum absolute atomic E-state index is 14.3. The van der Waals surface area contributed by atoms with Crippen LogP contribution >= 0.6 is 0 Å². The lowest BCUT2D eigenvalue weighted by Gasteiger charge is -2.24. The number of rotatable bonds is 5. The van der Waals surface area contributed by atoms with Crippen molar-refractivity contribution in [3.63, 3.8) is 0 Å². The summed E-state index contributed by atoms with van der Waals surface area (Å²) in [6.45, 7) is 0.581. The number of aromatic nitrogens is 4. The molecule has 8 heteroatoms. The molecule has 0 saturated carbocycles. The Labute approximate surface area is 183 Å². The highest BCUT2D eigenvalue weighted by Crippen LogP contribution is 2.32. The molecule has 0 saturated heterocycles. The number of amides is 1. The van der Waals surface area contributed by atoms with Gasteiger partial charge in [-0.15, -0.1) is 0 Å². The highest BCUT2D eigenvalue weighted by Gasteiger charge is 2.27. The minimum absolute atomic E-state index is 0.175. The molecular weight excluding hydrogens is 412 g/mol. The lowest BCUT2D eigenvalue weighted by Crippen LogP contribution is -2.31. The molecule has 0 spiro atoms. The third-order valence-electron chi connectivity index (χ3n) is 5.72. The first-order valence-electron chi connectivity index (χ1n) is 10.5. The second-order valence-electron chi connectivity index (χ2n) is 7.88. The van der Waals surface area contributed by atoms with Crippen LogP contribution in [0.15, 0.2) is 67.1 Å². The van der Waals surface area contributed by atoms with Gasteiger partial charge < -0.3 is 5.32 Å². The van der Waals surface area contributed by atoms with Gasteiger partial charge in [-0.1, -0.05) is 12.1 Å². The Bertz CT molecular complexity index is 1270. The van der Waals surface area contributed by atoms with Crippen molar-refractivity contribution in [2.75, 3.05) is 0 Å². The van der Waals surface area contributed by atoms with Gasteiger partial charge in [0, 0.05) is 35.3 Å². The molecule has 32 heavy (non-hydrogen) atoms. The number of carbonyl (C=O) groups excluding carboxylic acids is 1. The molecule has 4 aromatic rings. The van der Waals surface area contributed by atoms with E-state index >= 15 is 0 Å². The molecular formula is C24H21F2N5O. The summed E-state index contributed by atoms with van der Waals surface area (Å²) >= 11 is 0. The van der Waals surface area contributed by atoms with Gasteiger partial charge in [-0.05, 0) is 55.2 Å². The van der Waals surface area contributed by atoms with Crippen molar-refractivity contribution in [2.24, 2.45) is 0 Å². The summed E-state index contributed by atoms with van der Waals surface area (Å²) in [6, 6.07) is 12.5. The molecule has 1 aliphatic carbocycles. The van der Waals surface area contributed by atoms with Gasteiger partial charge in [-0.25, -0.2) is 13.5 Å². The second kappa shape index (κ2) is 8.37. The Kier molecular flexibility index (Phi) is 5.26. The van der Waals surface area contributed by atoms with Crippen LogP contribution in [0, 0.1) is 11.6 Å². The smallest absolute Gasteiger partial charge is 0.251 e. The van der Waals surface area contributed by atoms with Gasteiger partial charge in [0.25, 0.3) is 5.91 Å². The molecule has 0 aliphatic heterocycles. The van der Waals surface area contributed by atoms with Crippen LogP contribution in [0.5, 0.6) is 0 Å². The minimum Gasteiger partial charge on any atom is -0.345 e. The Hall–Kier alpha value is -3.81. The van der Waals surface area contributed by atoms with Crippen molar-refractivity contribution >= 4 is 5.91 Å². The van der Waals surface area contributed by atoms with E-state index in [0.29, 0.717) is 18.5 Å². The summed E-state index contributed by atoms with van der Waals surface area (Å²) in [5.41, 5.74) is 3.44. The quantitative estimate of drug-likeness (QED) is 0.513. The van der Waals surface area contributed by atoms with E-state index in [0.717, 1.165) is 35.7 Å². The number of benzene rings is 2. The molecule has 0 fully saturated rings. The van der Waals surface area contributed by atoms with Crippen molar-refractivity contribution in [1.82, 2.24) is 24.9 Å². The predicted octanol–water partition coefficient (Wildman–Crippen LogP) is 4.20. The van der Waals surface area contributed by atoms with E-state index in [9.17, 15) is 13.6 Å². The molecule has 0 bridgehead atoms. The van der Waals surface area contributed by atoms with Gasteiger partial charge in [-0.2, -0.15) is 10.2 Å². The van der Waals surface area contributed by atoms with Crippen LogP contribution in [0.1, 0.15) is 46.1 Å². The zero-order valence-electron chi connectivity index (χ0n) is 17.2. The molecule has 1 N–H and O–H groups in total. The third-order valence-corrected chi connectivity index (χ3v) is 5.72. The summed E-state index contributed by atoms with van der Waals surface area (Å²) in [5.74, 6) is -1.48. The van der Waals surface area contributed by atoms with E-state index in [1.54, 1.807) is 23.1 Å². The van der Waals surface area contributed by atoms with Gasteiger partial charge in [0.15, 0.2) is 5.82 Å². The number of fused-ring (bicyclic) bond motifs is 1. The molecule has 2 aromatic carbocycles. The zero-order valence-corrected chi connectivity index (χ0v) is 17.2. The molecule has 0 radical (unpaired) electrons. The van der Waals surface area contributed by atoms with Crippen LogP contribution in [-0.4, -0.2) is 25.5 Å². The standard InChI is InChI=1S/C24H21F2N5O/c25-18-8-9-23(20(26)13-18)31-22-7-2-6-21(19(22)14-28-31)29-24(32)17-5-1-4-16(12-17)15-30-11-3-10-27-30/h1,3-5,8-14,21H,2,6-7,15H2,(H,29,32)/t21-/m0/s1. The molecule has 1 atom stereocenters. The largest absolute Gasteiger partial charge is 0.345 e. The SMILES string of the molecule is O=C(N[C@H]1CCCc2c1cnn2-c1ccc(F)cc1F)c1cccc(Cn2cccn2)c1. The summed E-state index contributed by atoms with van der Waals surface area (Å²) in [6.07, 6.45) is 7.55. The predicted molar refractivity (Wildman–Crippen MR) is 114 cm³/mol. The van der Waals surface area contributed by atoms with Crippen LogP contribution in [0.4, 0.5) is 8.78 Å². The fourth-order valence-corrected chi connectivity index (χ4v) is 4.20. The maximum Gasteiger partial charge on any atom is 0.251 e. The maximum atomic E-state index is 14.3. The fourth-order valence-electron chi connectivity index (χ4n) is 4.20. The van der Waals surface area contributed by atoms with E-state index in [2.05, 4.69) is 15.5 Å². The first kappa shape index (κ1) is 20.1. The normalized spacial score (nSPS) is 15.4. The lowest BCUT2D eigenvalue weighted by molar-refractivity contribution is 0.0932. The molecule has 1 aliphatic rings. The van der Waals surface area contributed by atoms with Gasteiger partial charge in [-0.3, -0.25) is 9.48 Å². The molecule has 2 heterocycles. The van der Waals surface area contributed by atoms with Crippen LogP contribution < -0.4 is 5.32 Å². The van der Waals surface area contributed by atoms with E-state index in [4.69, 9.17) is 0 Å². The average Bonchev–Trinajstić information content (AvgIpc) is 3.45. The minimum atomic E-state index is -0.670. The van der Waals surface area contributed by atoms with Crippen LogP contribution in [0.3, 0.4) is 0 Å². The van der Waals surface area contributed by atoms with E-state index in [1.807, 2.05) is 30.5 Å². The van der Waals surface area contributed by atoms with Crippen LogP contribution in [0.25, 0.3) is 5.69 Å². The molecule has 2 aromatic heterocycles. The molecule has 6 nitrogen and oxygen atoms in total. The number of hydrogen-bond acceptors (Lipinski definition) is 3. The van der Waals surface area contributed by atoms with Gasteiger partial charge >= 0.3 is 0 Å². The van der Waals surface area contributed by atoms with E-state index in [1.165, 1.54) is 16.8 Å². The lowest BCUT2D eigenvalue weighted by atomic mass is 9.92. The molecule has 5 rings (SSSR count). The topological polar surface area (TPSA) is 64.7 Å². The monoisotopic (exact) mass is 433 g/mol. The van der Waals surface area contributed by atoms with Crippen molar-refractivity contribution in [1.29, 1.82) is 0 Å².